The Morgan fingerprint density at radius 2 is 2.07 bits per heavy atom. The second-order valence-corrected chi connectivity index (χ2v) is 9.43. The first-order valence-electron chi connectivity index (χ1n) is 9.76. The van der Waals surface area contributed by atoms with Crippen molar-refractivity contribution in [3.05, 3.63) is 54.4 Å². The van der Waals surface area contributed by atoms with Crippen LogP contribution in [0.15, 0.2) is 48.8 Å². The number of rotatable bonds is 3. The molecule has 1 N–H and O–H groups in total. The molecule has 1 aromatic carbocycles. The van der Waals surface area contributed by atoms with Gasteiger partial charge < -0.3 is 14.6 Å². The molecular formula is C22H22N4O2S. The molecule has 4 heterocycles. The largest absolute Gasteiger partial charge is 0.324 e. The highest BCUT2D eigenvalue weighted by Crippen LogP contribution is 2.47. The second-order valence-electron chi connectivity index (χ2n) is 7.93. The predicted octanol–water partition coefficient (Wildman–Crippen LogP) is 3.70. The average Bonchev–Trinajstić information content (AvgIpc) is 3.35. The number of pyridine rings is 1. The van der Waals surface area contributed by atoms with Gasteiger partial charge in [-0.15, -0.1) is 11.8 Å². The van der Waals surface area contributed by atoms with Crippen LogP contribution in [0.5, 0.6) is 0 Å². The van der Waals surface area contributed by atoms with Gasteiger partial charge in [0, 0.05) is 35.8 Å². The first kappa shape index (κ1) is 18.2. The molecule has 6 nitrogen and oxygen atoms in total. The SMILES string of the molecule is Cc1ccn2cc(-c3ccc(NC(=O)C4CSC5(C)CCC(=O)N45)cc3)nc2c1. The average molecular weight is 407 g/mol. The molecule has 148 valence electrons. The Balaban J connectivity index is 1.32. The molecular weight excluding hydrogens is 384 g/mol. The molecule has 3 aromatic rings. The first-order chi connectivity index (χ1) is 13.9. The summed E-state index contributed by atoms with van der Waals surface area (Å²) in [5, 5.41) is 2.98. The fourth-order valence-electron chi connectivity index (χ4n) is 4.19. The first-order valence-corrected chi connectivity index (χ1v) is 10.7. The molecule has 0 bridgehead atoms. The zero-order valence-electron chi connectivity index (χ0n) is 16.4. The Kier molecular flexibility index (Phi) is 4.17. The van der Waals surface area contributed by atoms with E-state index < -0.39 is 6.04 Å². The lowest BCUT2D eigenvalue weighted by Crippen LogP contribution is -2.48. The summed E-state index contributed by atoms with van der Waals surface area (Å²) in [6.07, 6.45) is 5.34. The van der Waals surface area contributed by atoms with Crippen molar-refractivity contribution in [2.45, 2.75) is 37.6 Å². The second kappa shape index (κ2) is 6.62. The topological polar surface area (TPSA) is 66.7 Å². The van der Waals surface area contributed by atoms with E-state index in [1.807, 2.05) is 54.0 Å². The van der Waals surface area contributed by atoms with Gasteiger partial charge in [-0.2, -0.15) is 0 Å². The van der Waals surface area contributed by atoms with E-state index in [2.05, 4.69) is 23.3 Å². The van der Waals surface area contributed by atoms with E-state index in [1.54, 1.807) is 16.7 Å². The molecule has 7 heteroatoms. The monoisotopic (exact) mass is 406 g/mol. The third kappa shape index (κ3) is 3.09. The maximum absolute atomic E-state index is 12.8. The van der Waals surface area contributed by atoms with E-state index >= 15 is 0 Å². The fraction of sp³-hybridized carbons (Fsp3) is 0.318. The van der Waals surface area contributed by atoms with Crippen molar-refractivity contribution in [3.8, 4) is 11.3 Å². The van der Waals surface area contributed by atoms with Gasteiger partial charge in [0.05, 0.1) is 10.6 Å². The molecule has 0 saturated carbocycles. The summed E-state index contributed by atoms with van der Waals surface area (Å²) in [5.41, 5.74) is 4.69. The summed E-state index contributed by atoms with van der Waals surface area (Å²) < 4.78 is 2.00. The smallest absolute Gasteiger partial charge is 0.248 e. The maximum atomic E-state index is 12.8. The molecule has 29 heavy (non-hydrogen) atoms. The summed E-state index contributed by atoms with van der Waals surface area (Å²) in [4.78, 5) is 31.3. The van der Waals surface area contributed by atoms with Crippen LogP contribution in [0.2, 0.25) is 0 Å². The van der Waals surface area contributed by atoms with Crippen LogP contribution in [-0.4, -0.2) is 42.8 Å². The van der Waals surface area contributed by atoms with Gasteiger partial charge in [-0.3, -0.25) is 9.59 Å². The minimum Gasteiger partial charge on any atom is -0.324 e. The number of amides is 2. The summed E-state index contributed by atoms with van der Waals surface area (Å²) in [7, 11) is 0. The van der Waals surface area contributed by atoms with Gasteiger partial charge in [-0.25, -0.2) is 4.98 Å². The molecule has 5 rings (SSSR count). The number of anilines is 1. The van der Waals surface area contributed by atoms with E-state index in [0.717, 1.165) is 29.0 Å². The van der Waals surface area contributed by atoms with Crippen molar-refractivity contribution in [2.24, 2.45) is 0 Å². The lowest BCUT2D eigenvalue weighted by Gasteiger charge is -2.29. The van der Waals surface area contributed by atoms with Crippen LogP contribution in [0.4, 0.5) is 5.69 Å². The standard InChI is InChI=1S/C22H22N4O2S/c1-14-8-10-25-12-17(24-19(25)11-14)15-3-5-16(6-4-15)23-21(28)18-13-29-22(2)9-7-20(27)26(18)22/h3-6,8,10-12,18H,7,9,13H2,1-2H3,(H,23,28). The Morgan fingerprint density at radius 1 is 1.28 bits per heavy atom. The van der Waals surface area contributed by atoms with E-state index in [1.165, 1.54) is 5.56 Å². The number of nitrogens with zero attached hydrogens (tertiary/aromatic N) is 3. The van der Waals surface area contributed by atoms with Crippen LogP contribution in [0, 0.1) is 6.92 Å². The Hall–Kier alpha value is -2.80. The maximum Gasteiger partial charge on any atom is 0.248 e. The van der Waals surface area contributed by atoms with Gasteiger partial charge in [-0.1, -0.05) is 12.1 Å². The van der Waals surface area contributed by atoms with Crippen LogP contribution in [-0.2, 0) is 9.59 Å². The van der Waals surface area contributed by atoms with Crippen LogP contribution >= 0.6 is 11.8 Å². The molecule has 2 aliphatic rings. The van der Waals surface area contributed by atoms with Crippen LogP contribution in [0.3, 0.4) is 0 Å². The molecule has 0 spiro atoms. The highest BCUT2D eigenvalue weighted by molar-refractivity contribution is 8.01. The van der Waals surface area contributed by atoms with Gasteiger partial charge in [-0.05, 0) is 50.1 Å². The molecule has 2 atom stereocenters. The summed E-state index contributed by atoms with van der Waals surface area (Å²) in [5.74, 6) is 0.606. The number of fused-ring (bicyclic) bond motifs is 2. The highest BCUT2D eigenvalue weighted by Gasteiger charge is 2.52. The third-order valence-electron chi connectivity index (χ3n) is 5.81. The van der Waals surface area contributed by atoms with Crippen molar-refractivity contribution in [2.75, 3.05) is 11.1 Å². The van der Waals surface area contributed by atoms with Gasteiger partial charge in [0.2, 0.25) is 11.8 Å². The minimum atomic E-state index is -0.402. The van der Waals surface area contributed by atoms with Crippen molar-refractivity contribution < 1.29 is 9.59 Å². The summed E-state index contributed by atoms with van der Waals surface area (Å²) >= 11 is 1.70. The summed E-state index contributed by atoms with van der Waals surface area (Å²) in [6, 6.07) is 11.4. The van der Waals surface area contributed by atoms with Crippen LogP contribution in [0.1, 0.15) is 25.3 Å². The zero-order chi connectivity index (χ0) is 20.2. The number of benzene rings is 1. The molecule has 2 unspecified atom stereocenters. The highest BCUT2D eigenvalue weighted by atomic mass is 32.2. The summed E-state index contributed by atoms with van der Waals surface area (Å²) in [6.45, 7) is 4.11. The zero-order valence-corrected chi connectivity index (χ0v) is 17.2. The third-order valence-corrected chi connectivity index (χ3v) is 7.32. The number of carbonyl (C=O) groups excluding carboxylic acids is 2. The number of aromatic nitrogens is 2. The van der Waals surface area contributed by atoms with Crippen molar-refractivity contribution in [1.82, 2.24) is 14.3 Å². The van der Waals surface area contributed by atoms with Gasteiger partial charge >= 0.3 is 0 Å². The number of aryl methyl sites for hydroxylation is 1. The number of thioether (sulfide) groups is 1. The van der Waals surface area contributed by atoms with Crippen molar-refractivity contribution in [3.63, 3.8) is 0 Å². The normalized spacial score (nSPS) is 23.6. The van der Waals surface area contributed by atoms with Gasteiger partial charge in [0.15, 0.2) is 0 Å². The van der Waals surface area contributed by atoms with Gasteiger partial charge in [0.1, 0.15) is 11.7 Å². The molecule has 0 aliphatic carbocycles. The van der Waals surface area contributed by atoms with E-state index in [4.69, 9.17) is 0 Å². The van der Waals surface area contributed by atoms with Crippen molar-refractivity contribution >= 4 is 34.9 Å². The molecule has 2 amide bonds. The quantitative estimate of drug-likeness (QED) is 0.720. The van der Waals surface area contributed by atoms with E-state index in [0.29, 0.717) is 12.2 Å². The molecule has 2 saturated heterocycles. The Bertz CT molecular complexity index is 1120. The van der Waals surface area contributed by atoms with E-state index in [-0.39, 0.29) is 16.7 Å². The van der Waals surface area contributed by atoms with E-state index in [9.17, 15) is 9.59 Å². The lowest BCUT2D eigenvalue weighted by atomic mass is 10.1. The number of hydrogen-bond acceptors (Lipinski definition) is 4. The molecule has 2 fully saturated rings. The number of nitrogens with one attached hydrogen (secondary N) is 1. The van der Waals surface area contributed by atoms with Gasteiger partial charge in [0.25, 0.3) is 0 Å². The Labute approximate surface area is 173 Å². The minimum absolute atomic E-state index is 0.0788. The predicted molar refractivity (Wildman–Crippen MR) is 115 cm³/mol. The number of carbonyl (C=O) groups is 2. The van der Waals surface area contributed by atoms with Crippen LogP contribution < -0.4 is 5.32 Å². The van der Waals surface area contributed by atoms with Crippen LogP contribution in [0.25, 0.3) is 16.9 Å². The molecule has 2 aliphatic heterocycles. The Morgan fingerprint density at radius 3 is 2.86 bits per heavy atom. The fourth-order valence-corrected chi connectivity index (χ4v) is 5.62. The molecule has 2 aromatic heterocycles. The number of hydrogen-bond donors (Lipinski definition) is 1. The van der Waals surface area contributed by atoms with Crippen molar-refractivity contribution in [1.29, 1.82) is 0 Å². The lowest BCUT2D eigenvalue weighted by molar-refractivity contribution is -0.135. The molecule has 0 radical (unpaired) electrons. The number of imidazole rings is 1.